The molecule has 4 rings (SSSR count). The molecule has 146 valence electrons. The molecule has 6 nitrogen and oxygen atoms in total. The molecule has 0 spiro atoms. The molecule has 0 aliphatic carbocycles. The van der Waals surface area contributed by atoms with Crippen LogP contribution in [-0.2, 0) is 6.54 Å². The minimum atomic E-state index is 0.0916. The van der Waals surface area contributed by atoms with Crippen molar-refractivity contribution in [3.8, 4) is 11.5 Å². The number of carbonyl (C=O) groups is 1. The van der Waals surface area contributed by atoms with E-state index < -0.39 is 0 Å². The molecular weight excluding hydrogens is 374 g/mol. The zero-order valence-corrected chi connectivity index (χ0v) is 16.9. The number of fused-ring (bicyclic) bond motifs is 1. The zero-order valence-electron chi connectivity index (χ0n) is 16.1. The first-order chi connectivity index (χ1) is 13.7. The number of hydrogen-bond acceptors (Lipinski definition) is 6. The van der Waals surface area contributed by atoms with Gasteiger partial charge in [-0.1, -0.05) is 0 Å². The topological polar surface area (TPSA) is 54.9 Å². The Balaban J connectivity index is 1.40. The fourth-order valence-corrected chi connectivity index (χ4v) is 4.24. The summed E-state index contributed by atoms with van der Waals surface area (Å²) in [6, 6.07) is 11.6. The maximum Gasteiger partial charge on any atom is 0.253 e. The largest absolute Gasteiger partial charge is 0.497 e. The fraction of sp³-hybridized carbons (Fsp3) is 0.333. The number of methoxy groups -OCH3 is 2. The van der Waals surface area contributed by atoms with E-state index in [9.17, 15) is 4.79 Å². The Bertz CT molecular complexity index is 980. The molecule has 2 aromatic carbocycles. The molecule has 28 heavy (non-hydrogen) atoms. The quantitative estimate of drug-likeness (QED) is 0.661. The highest BCUT2D eigenvalue weighted by molar-refractivity contribution is 7.16. The lowest BCUT2D eigenvalue weighted by molar-refractivity contribution is 0.0627. The Labute approximate surface area is 168 Å². The van der Waals surface area contributed by atoms with Crippen LogP contribution >= 0.6 is 11.3 Å². The molecule has 1 amide bonds. The smallest absolute Gasteiger partial charge is 0.253 e. The van der Waals surface area contributed by atoms with Crippen LogP contribution in [0, 0.1) is 0 Å². The Morgan fingerprint density at radius 2 is 1.89 bits per heavy atom. The molecule has 2 heterocycles. The average molecular weight is 398 g/mol. The SMILES string of the molecule is COc1ccc(OC)c(CN2CCN(C(=O)c3ccc4ncsc4c3)CC2)c1. The predicted molar refractivity (Wildman–Crippen MR) is 110 cm³/mol. The first kappa shape index (κ1) is 18.7. The van der Waals surface area contributed by atoms with Crippen molar-refractivity contribution in [3.05, 3.63) is 53.0 Å². The molecule has 0 unspecified atom stereocenters. The molecule has 0 bridgehead atoms. The monoisotopic (exact) mass is 397 g/mol. The van der Waals surface area contributed by atoms with Crippen LogP contribution in [-0.4, -0.2) is 61.1 Å². The summed E-state index contributed by atoms with van der Waals surface area (Å²) in [5.74, 6) is 1.77. The summed E-state index contributed by atoms with van der Waals surface area (Å²) in [4.78, 5) is 21.4. The van der Waals surface area contributed by atoms with Gasteiger partial charge in [0, 0.05) is 43.9 Å². The van der Waals surface area contributed by atoms with Crippen LogP contribution in [0.2, 0.25) is 0 Å². The Morgan fingerprint density at radius 3 is 2.64 bits per heavy atom. The number of aromatic nitrogens is 1. The lowest BCUT2D eigenvalue weighted by atomic mass is 10.1. The van der Waals surface area contributed by atoms with Crippen LogP contribution < -0.4 is 9.47 Å². The number of piperazine rings is 1. The van der Waals surface area contributed by atoms with E-state index >= 15 is 0 Å². The molecule has 1 aliphatic rings. The third kappa shape index (κ3) is 3.81. The minimum Gasteiger partial charge on any atom is -0.497 e. The van der Waals surface area contributed by atoms with Gasteiger partial charge in [0.05, 0.1) is 29.9 Å². The summed E-state index contributed by atoms with van der Waals surface area (Å²) in [5.41, 5.74) is 4.58. The Kier molecular flexibility index (Phi) is 5.45. The summed E-state index contributed by atoms with van der Waals surface area (Å²) in [7, 11) is 3.35. The van der Waals surface area contributed by atoms with E-state index in [0.717, 1.165) is 52.5 Å². The van der Waals surface area contributed by atoms with Gasteiger partial charge >= 0.3 is 0 Å². The summed E-state index contributed by atoms with van der Waals surface area (Å²) in [6.45, 7) is 3.86. The van der Waals surface area contributed by atoms with E-state index in [-0.39, 0.29) is 5.91 Å². The maximum absolute atomic E-state index is 12.9. The van der Waals surface area contributed by atoms with Crippen molar-refractivity contribution in [1.82, 2.24) is 14.8 Å². The Morgan fingerprint density at radius 1 is 1.07 bits per heavy atom. The number of rotatable bonds is 5. The number of carbonyl (C=O) groups excluding carboxylic acids is 1. The lowest BCUT2D eigenvalue weighted by Gasteiger charge is -2.35. The summed E-state index contributed by atoms with van der Waals surface area (Å²) in [5, 5.41) is 0. The Hall–Kier alpha value is -2.64. The second kappa shape index (κ2) is 8.16. The zero-order chi connectivity index (χ0) is 19.5. The van der Waals surface area contributed by atoms with E-state index in [4.69, 9.17) is 9.47 Å². The van der Waals surface area contributed by atoms with Gasteiger partial charge in [-0.2, -0.15) is 0 Å². The number of ether oxygens (including phenoxy) is 2. The van der Waals surface area contributed by atoms with Gasteiger partial charge in [-0.15, -0.1) is 11.3 Å². The number of benzene rings is 2. The third-order valence-corrected chi connectivity index (χ3v) is 5.91. The van der Waals surface area contributed by atoms with Crippen molar-refractivity contribution in [2.75, 3.05) is 40.4 Å². The number of thiazole rings is 1. The van der Waals surface area contributed by atoms with Crippen LogP contribution in [0.25, 0.3) is 10.2 Å². The minimum absolute atomic E-state index is 0.0916. The standard InChI is InChI=1S/C21H23N3O3S/c1-26-17-4-6-19(27-2)16(11-17)13-23-7-9-24(10-8-23)21(25)15-3-5-18-20(12-15)28-14-22-18/h3-6,11-12,14H,7-10,13H2,1-2H3. The third-order valence-electron chi connectivity index (χ3n) is 5.12. The number of amides is 1. The molecule has 1 saturated heterocycles. The van der Waals surface area contributed by atoms with Crippen molar-refractivity contribution in [1.29, 1.82) is 0 Å². The first-order valence-electron chi connectivity index (χ1n) is 9.23. The van der Waals surface area contributed by atoms with Crippen molar-refractivity contribution < 1.29 is 14.3 Å². The average Bonchev–Trinajstić information content (AvgIpc) is 3.21. The van der Waals surface area contributed by atoms with Crippen LogP contribution in [0.1, 0.15) is 15.9 Å². The van der Waals surface area contributed by atoms with Gasteiger partial charge in [0.25, 0.3) is 5.91 Å². The van der Waals surface area contributed by atoms with Gasteiger partial charge in [-0.05, 0) is 36.4 Å². The van der Waals surface area contributed by atoms with E-state index in [1.54, 1.807) is 25.6 Å². The summed E-state index contributed by atoms with van der Waals surface area (Å²) in [6.07, 6.45) is 0. The molecule has 3 aromatic rings. The van der Waals surface area contributed by atoms with Gasteiger partial charge < -0.3 is 14.4 Å². The van der Waals surface area contributed by atoms with Gasteiger partial charge in [0.1, 0.15) is 11.5 Å². The number of hydrogen-bond donors (Lipinski definition) is 0. The lowest BCUT2D eigenvalue weighted by Crippen LogP contribution is -2.48. The van der Waals surface area contributed by atoms with Gasteiger partial charge in [-0.3, -0.25) is 9.69 Å². The van der Waals surface area contributed by atoms with Gasteiger partial charge in [-0.25, -0.2) is 4.98 Å². The maximum atomic E-state index is 12.9. The molecule has 0 N–H and O–H groups in total. The molecule has 0 atom stereocenters. The molecular formula is C21H23N3O3S. The summed E-state index contributed by atoms with van der Waals surface area (Å²) < 4.78 is 11.9. The highest BCUT2D eigenvalue weighted by Crippen LogP contribution is 2.26. The van der Waals surface area contributed by atoms with Gasteiger partial charge in [0.15, 0.2) is 0 Å². The van der Waals surface area contributed by atoms with Crippen molar-refractivity contribution in [2.24, 2.45) is 0 Å². The van der Waals surface area contributed by atoms with Crippen molar-refractivity contribution in [2.45, 2.75) is 6.54 Å². The van der Waals surface area contributed by atoms with Crippen molar-refractivity contribution >= 4 is 27.5 Å². The van der Waals surface area contributed by atoms with E-state index in [0.29, 0.717) is 13.1 Å². The van der Waals surface area contributed by atoms with Crippen LogP contribution in [0.15, 0.2) is 41.9 Å². The first-order valence-corrected chi connectivity index (χ1v) is 10.1. The summed E-state index contributed by atoms with van der Waals surface area (Å²) >= 11 is 1.56. The van der Waals surface area contributed by atoms with Crippen molar-refractivity contribution in [3.63, 3.8) is 0 Å². The molecule has 1 fully saturated rings. The predicted octanol–water partition coefficient (Wildman–Crippen LogP) is 3.27. The van der Waals surface area contributed by atoms with E-state index in [2.05, 4.69) is 9.88 Å². The molecule has 0 saturated carbocycles. The second-order valence-electron chi connectivity index (χ2n) is 6.78. The van der Waals surface area contributed by atoms with Crippen LogP contribution in [0.5, 0.6) is 11.5 Å². The molecule has 7 heteroatoms. The molecule has 0 radical (unpaired) electrons. The molecule has 1 aliphatic heterocycles. The second-order valence-corrected chi connectivity index (χ2v) is 7.67. The van der Waals surface area contributed by atoms with E-state index in [1.807, 2.05) is 46.8 Å². The van der Waals surface area contributed by atoms with Crippen LogP contribution in [0.4, 0.5) is 0 Å². The van der Waals surface area contributed by atoms with Crippen LogP contribution in [0.3, 0.4) is 0 Å². The van der Waals surface area contributed by atoms with Gasteiger partial charge in [0.2, 0.25) is 0 Å². The molecule has 1 aromatic heterocycles. The number of nitrogens with zero attached hydrogens (tertiary/aromatic N) is 3. The highest BCUT2D eigenvalue weighted by atomic mass is 32.1. The highest BCUT2D eigenvalue weighted by Gasteiger charge is 2.23. The normalized spacial score (nSPS) is 15.0. The fourth-order valence-electron chi connectivity index (χ4n) is 3.53. The van der Waals surface area contributed by atoms with E-state index in [1.165, 1.54) is 0 Å².